The van der Waals surface area contributed by atoms with E-state index in [1.807, 2.05) is 30.3 Å². The summed E-state index contributed by atoms with van der Waals surface area (Å²) >= 11 is 0. The van der Waals surface area contributed by atoms with Crippen molar-refractivity contribution in [2.75, 3.05) is 26.8 Å². The second kappa shape index (κ2) is 34.8. The number of aliphatic hydroxyl groups excluding tert-OH is 2. The molecular formula is C54H88N12O15. The van der Waals surface area contributed by atoms with Crippen molar-refractivity contribution < 1.29 is 72.5 Å². The van der Waals surface area contributed by atoms with Crippen molar-refractivity contribution in [1.29, 1.82) is 0 Å². The van der Waals surface area contributed by atoms with Crippen molar-refractivity contribution in [2.45, 2.75) is 181 Å². The zero-order valence-corrected chi connectivity index (χ0v) is 48.4. The first-order chi connectivity index (χ1) is 38.2. The standard InChI is InChI=1S/C54H88N12O15/c1-12-27(5)40(63-47(73)35(56-11)23-33-19-17-16-18-20-33)51(77)60-36(25-67)48(74)59-34(21-22-38(55)69)46(72)62-42(29(7)14-3)53(79)64-41(28(6)13-2)52(78)61-37(26-68)49(75)66-44-32(10)81-54(80)43(30(8)15-4)65-45(71)31(9)58-39(70)24-57-50(44)76/h16-20,27-32,34-37,40-44,56,67-68H,12-15,21-26H2,1-11H3,(H2,55,69)(H,57,76)(H,58,70)(H,59,74)(H,60,77)(H,61,78)(H,62,72)(H,63,73)(H,64,79)(H,65,71)(H,66,75)/t27-,28-,29+,30-,31-,32-,34+,35+,36-,37-,40-,41-,42+,43-,44+/m0/s1. The van der Waals surface area contributed by atoms with Gasteiger partial charge in [0, 0.05) is 6.42 Å². The first-order valence-corrected chi connectivity index (χ1v) is 27.6. The van der Waals surface area contributed by atoms with Crippen LogP contribution in [0, 0.1) is 23.7 Å². The van der Waals surface area contributed by atoms with E-state index in [0.717, 1.165) is 5.56 Å². The van der Waals surface area contributed by atoms with E-state index in [1.54, 1.807) is 62.4 Å². The number of rotatable bonds is 30. The maximum absolute atomic E-state index is 14.3. The number of benzene rings is 1. The molecule has 1 fully saturated rings. The van der Waals surface area contributed by atoms with E-state index < -0.39 is 194 Å². The van der Waals surface area contributed by atoms with Crippen LogP contribution in [0.25, 0.3) is 0 Å². The Morgan fingerprint density at radius 3 is 1.54 bits per heavy atom. The van der Waals surface area contributed by atoms with Crippen LogP contribution in [0.5, 0.6) is 0 Å². The van der Waals surface area contributed by atoms with E-state index in [4.69, 9.17) is 10.5 Å². The Morgan fingerprint density at radius 1 is 0.617 bits per heavy atom. The molecule has 0 aliphatic carbocycles. The maximum Gasteiger partial charge on any atom is 0.329 e. The lowest BCUT2D eigenvalue weighted by molar-refractivity contribution is -0.157. The third-order valence-corrected chi connectivity index (χ3v) is 14.6. The Morgan fingerprint density at radius 2 is 1.07 bits per heavy atom. The van der Waals surface area contributed by atoms with Crippen molar-refractivity contribution in [1.82, 2.24) is 58.5 Å². The predicted octanol–water partition coefficient (Wildman–Crippen LogP) is -3.30. The Kier molecular flexibility index (Phi) is 30.0. The molecule has 0 bridgehead atoms. The SMILES string of the molecule is CC[C@@H](C)[C@@H](NC(=O)[C@@H](CCC(N)=O)NC(=O)[C@H](CO)NC(=O)[C@@H](NC(=O)[C@@H](Cc1ccccc1)NC)[C@@H](C)CC)C(=O)N[C@H](C(=O)N[C@@H](CO)C(=O)N[C@H]1C(=O)NCC(=O)N[C@@H](C)C(=O)N[C@@H]([C@@H](C)CC)C(=O)O[C@H]1C)[C@@H](C)CC. The zero-order valence-electron chi connectivity index (χ0n) is 48.4. The smallest absolute Gasteiger partial charge is 0.329 e. The van der Waals surface area contributed by atoms with Crippen LogP contribution in [0.3, 0.4) is 0 Å². The third-order valence-electron chi connectivity index (χ3n) is 14.6. The van der Waals surface area contributed by atoms with Crippen molar-refractivity contribution in [3.63, 3.8) is 0 Å². The fraction of sp³-hybridized carbons (Fsp3) is 0.667. The van der Waals surface area contributed by atoms with E-state index in [0.29, 0.717) is 19.3 Å². The van der Waals surface area contributed by atoms with Crippen molar-refractivity contribution >= 4 is 70.9 Å². The van der Waals surface area contributed by atoms with E-state index in [-0.39, 0.29) is 12.8 Å². The number of nitrogens with two attached hydrogens (primary N) is 1. The number of ether oxygens (including phenoxy) is 1. The Labute approximate surface area is 473 Å². The molecule has 0 aromatic heterocycles. The van der Waals surface area contributed by atoms with Crippen LogP contribution in [-0.2, 0) is 68.7 Å². The topological polar surface area (TPSA) is 413 Å². The number of hydrogen-bond donors (Lipinski definition) is 14. The number of nitrogens with one attached hydrogen (secondary N) is 11. The van der Waals surface area contributed by atoms with E-state index in [9.17, 15) is 67.7 Å². The van der Waals surface area contributed by atoms with Crippen LogP contribution in [0.1, 0.15) is 113 Å². The molecular weight excluding hydrogens is 1060 g/mol. The molecule has 0 spiro atoms. The number of esters is 1. The van der Waals surface area contributed by atoms with E-state index in [1.165, 1.54) is 13.8 Å². The third kappa shape index (κ3) is 22.0. The summed E-state index contributed by atoms with van der Waals surface area (Å²) < 4.78 is 5.59. The van der Waals surface area contributed by atoms with Crippen molar-refractivity contribution in [2.24, 2.45) is 29.4 Å². The molecule has 27 nitrogen and oxygen atoms in total. The maximum atomic E-state index is 14.3. The number of amides is 11. The Balaban J connectivity index is 2.37. The predicted molar refractivity (Wildman–Crippen MR) is 295 cm³/mol. The minimum atomic E-state index is -1.79. The molecule has 0 saturated carbocycles. The molecule has 0 radical (unpaired) electrons. The van der Waals surface area contributed by atoms with E-state index in [2.05, 4.69) is 58.5 Å². The summed E-state index contributed by atoms with van der Waals surface area (Å²) in [7, 11) is 1.60. The number of carbonyl (C=O) groups is 12. The molecule has 0 unspecified atom stereocenters. The second-order valence-electron chi connectivity index (χ2n) is 20.7. The molecule has 1 aromatic rings. The lowest BCUT2D eigenvalue weighted by Gasteiger charge is -2.31. The van der Waals surface area contributed by atoms with Gasteiger partial charge in [0.2, 0.25) is 65.0 Å². The largest absolute Gasteiger partial charge is 0.458 e. The number of primary amides is 1. The fourth-order valence-corrected chi connectivity index (χ4v) is 8.33. The molecule has 2 rings (SSSR count). The molecule has 1 aromatic carbocycles. The molecule has 454 valence electrons. The van der Waals surface area contributed by atoms with Crippen LogP contribution < -0.4 is 64.2 Å². The quantitative estimate of drug-likeness (QED) is 0.0336. The summed E-state index contributed by atoms with van der Waals surface area (Å²) in [6.07, 6.45) is -0.604. The van der Waals surface area contributed by atoms with E-state index >= 15 is 0 Å². The Bertz CT molecular complexity index is 2330. The van der Waals surface area contributed by atoms with Crippen LogP contribution in [-0.4, -0.2) is 174 Å². The molecule has 1 heterocycles. The first kappa shape index (κ1) is 69.8. The molecule has 11 amide bonds. The van der Waals surface area contributed by atoms with Gasteiger partial charge in [0.15, 0.2) is 0 Å². The highest BCUT2D eigenvalue weighted by Gasteiger charge is 2.40. The summed E-state index contributed by atoms with van der Waals surface area (Å²) in [4.78, 5) is 162. The molecule has 27 heteroatoms. The van der Waals surface area contributed by atoms with Gasteiger partial charge >= 0.3 is 5.97 Å². The number of carbonyl (C=O) groups excluding carboxylic acids is 12. The molecule has 1 saturated heterocycles. The van der Waals surface area contributed by atoms with Gasteiger partial charge < -0.3 is 79.2 Å². The Hall–Kier alpha value is -7.26. The van der Waals surface area contributed by atoms with Crippen LogP contribution in [0.4, 0.5) is 0 Å². The highest BCUT2D eigenvalue weighted by Crippen LogP contribution is 2.17. The molecule has 15 N–H and O–H groups in total. The van der Waals surface area contributed by atoms with Gasteiger partial charge in [-0.1, -0.05) is 111 Å². The number of cyclic esters (lactones) is 1. The van der Waals surface area contributed by atoms with Crippen LogP contribution in [0.2, 0.25) is 0 Å². The zero-order chi connectivity index (χ0) is 61.3. The summed E-state index contributed by atoms with van der Waals surface area (Å²) in [6, 6.07) is -4.67. The average Bonchev–Trinajstić information content (AvgIpc) is 3.44. The average molecular weight is 1150 g/mol. The summed E-state index contributed by atoms with van der Waals surface area (Å²) in [5, 5.41) is 48.6. The van der Waals surface area contributed by atoms with Gasteiger partial charge in [-0.15, -0.1) is 0 Å². The summed E-state index contributed by atoms with van der Waals surface area (Å²) in [5.41, 5.74) is 6.29. The molecule has 15 atom stereocenters. The number of likely N-dealkylation sites (N-methyl/N-ethyl adjacent to an activating group) is 1. The lowest BCUT2D eigenvalue weighted by Crippen LogP contribution is -2.63. The minimum absolute atomic E-state index is 0.267. The van der Waals surface area contributed by atoms with Crippen LogP contribution >= 0.6 is 0 Å². The summed E-state index contributed by atoms with van der Waals surface area (Å²) in [5.74, 6) is -12.9. The minimum Gasteiger partial charge on any atom is -0.458 e. The van der Waals surface area contributed by atoms with Crippen molar-refractivity contribution in [3.8, 4) is 0 Å². The number of hydrogen-bond acceptors (Lipinski definition) is 16. The lowest BCUT2D eigenvalue weighted by atomic mass is 9.94. The van der Waals surface area contributed by atoms with Gasteiger partial charge in [-0.2, -0.15) is 0 Å². The number of aliphatic hydroxyl groups is 2. The van der Waals surface area contributed by atoms with Gasteiger partial charge in [0.1, 0.15) is 60.5 Å². The normalized spacial score (nSPS) is 21.0. The monoisotopic (exact) mass is 1140 g/mol. The molecule has 81 heavy (non-hydrogen) atoms. The highest BCUT2D eigenvalue weighted by atomic mass is 16.5. The van der Waals surface area contributed by atoms with Gasteiger partial charge in [0.25, 0.3) is 0 Å². The van der Waals surface area contributed by atoms with Crippen molar-refractivity contribution in [3.05, 3.63) is 35.9 Å². The van der Waals surface area contributed by atoms with Gasteiger partial charge in [-0.05, 0) is 63.0 Å². The van der Waals surface area contributed by atoms with Gasteiger partial charge in [-0.3, -0.25) is 52.7 Å². The first-order valence-electron chi connectivity index (χ1n) is 27.6. The second-order valence-corrected chi connectivity index (χ2v) is 20.7. The molecule has 1 aliphatic heterocycles. The highest BCUT2D eigenvalue weighted by molar-refractivity contribution is 5.99. The van der Waals surface area contributed by atoms with Gasteiger partial charge in [-0.25, -0.2) is 4.79 Å². The van der Waals surface area contributed by atoms with Gasteiger partial charge in [0.05, 0.1) is 25.8 Å². The molecule has 1 aliphatic rings. The van der Waals surface area contributed by atoms with Crippen LogP contribution in [0.15, 0.2) is 30.3 Å². The summed E-state index contributed by atoms with van der Waals surface area (Å²) in [6.45, 7) is 13.6. The fourth-order valence-electron chi connectivity index (χ4n) is 8.33.